The van der Waals surface area contributed by atoms with Gasteiger partial charge in [0.25, 0.3) is 0 Å². The van der Waals surface area contributed by atoms with Crippen LogP contribution in [0.3, 0.4) is 0 Å². The molecule has 144 valence electrons. The highest BCUT2D eigenvalue weighted by atomic mass is 16.4. The first-order valence-corrected chi connectivity index (χ1v) is 9.60. The molecule has 1 amide bonds. The SMILES string of the molecule is CC1(C)CC1C(=O)N1CCN(c2cccnc2C=NC2(C(=O)O)CC2)CC1. The third-order valence-electron chi connectivity index (χ3n) is 6.12. The van der Waals surface area contributed by atoms with Crippen molar-refractivity contribution in [1.82, 2.24) is 9.88 Å². The molecule has 1 saturated heterocycles. The van der Waals surface area contributed by atoms with Gasteiger partial charge in [-0.1, -0.05) is 13.8 Å². The van der Waals surface area contributed by atoms with E-state index in [4.69, 9.17) is 0 Å². The Hall–Kier alpha value is -2.44. The maximum absolute atomic E-state index is 12.6. The second-order valence-electron chi connectivity index (χ2n) is 8.56. The van der Waals surface area contributed by atoms with Crippen molar-refractivity contribution in [2.24, 2.45) is 16.3 Å². The number of aliphatic carboxylic acids is 1. The monoisotopic (exact) mass is 370 g/mol. The first-order valence-electron chi connectivity index (χ1n) is 9.60. The van der Waals surface area contributed by atoms with E-state index in [1.807, 2.05) is 17.0 Å². The van der Waals surface area contributed by atoms with Gasteiger partial charge in [-0.25, -0.2) is 4.79 Å². The number of aliphatic imine (C=N–C) groups is 1. The maximum Gasteiger partial charge on any atom is 0.331 e. The Morgan fingerprint density at radius 2 is 1.93 bits per heavy atom. The van der Waals surface area contributed by atoms with Crippen LogP contribution in [0.2, 0.25) is 0 Å². The Balaban J connectivity index is 1.42. The smallest absolute Gasteiger partial charge is 0.331 e. The van der Waals surface area contributed by atoms with E-state index in [2.05, 4.69) is 28.7 Å². The minimum atomic E-state index is -0.947. The predicted octanol–water partition coefficient (Wildman–Crippen LogP) is 1.81. The molecule has 7 nitrogen and oxygen atoms in total. The molecule has 0 spiro atoms. The van der Waals surface area contributed by atoms with E-state index in [9.17, 15) is 14.7 Å². The van der Waals surface area contributed by atoms with Crippen molar-refractivity contribution in [2.45, 2.75) is 38.6 Å². The molecule has 1 aromatic heterocycles. The zero-order valence-electron chi connectivity index (χ0n) is 15.9. The van der Waals surface area contributed by atoms with Crippen LogP contribution in [0.15, 0.2) is 23.3 Å². The number of carboxylic acid groups (broad SMARTS) is 1. The Kier molecular flexibility index (Phi) is 4.20. The topological polar surface area (TPSA) is 86.1 Å². The van der Waals surface area contributed by atoms with Crippen molar-refractivity contribution in [1.29, 1.82) is 0 Å². The third-order valence-corrected chi connectivity index (χ3v) is 6.12. The number of hydrogen-bond donors (Lipinski definition) is 1. The van der Waals surface area contributed by atoms with Crippen LogP contribution in [0.4, 0.5) is 5.69 Å². The number of carbonyl (C=O) groups excluding carboxylic acids is 1. The lowest BCUT2D eigenvalue weighted by Crippen LogP contribution is -2.49. The fourth-order valence-electron chi connectivity index (χ4n) is 3.75. The lowest BCUT2D eigenvalue weighted by Gasteiger charge is -2.36. The van der Waals surface area contributed by atoms with E-state index in [-0.39, 0.29) is 17.2 Å². The molecule has 1 unspecified atom stereocenters. The standard InChI is InChI=1S/C20H26N4O3/c1-19(2)12-14(19)17(25)24-10-8-23(9-11-24)16-4-3-7-21-15(16)13-22-20(5-6-20)18(26)27/h3-4,7,13-14H,5-6,8-12H2,1-2H3,(H,26,27). The number of rotatable bonds is 5. The van der Waals surface area contributed by atoms with Crippen molar-refractivity contribution in [3.63, 3.8) is 0 Å². The van der Waals surface area contributed by atoms with Crippen molar-refractivity contribution >= 4 is 23.8 Å². The molecule has 3 aliphatic rings. The van der Waals surface area contributed by atoms with Crippen molar-refractivity contribution in [3.05, 3.63) is 24.0 Å². The molecule has 2 saturated carbocycles. The molecular formula is C20H26N4O3. The highest BCUT2D eigenvalue weighted by Gasteiger charge is 2.52. The van der Waals surface area contributed by atoms with E-state index in [0.29, 0.717) is 31.6 Å². The Labute approximate surface area is 159 Å². The van der Waals surface area contributed by atoms with Crippen LogP contribution in [0.25, 0.3) is 0 Å². The van der Waals surface area contributed by atoms with Gasteiger partial charge >= 0.3 is 5.97 Å². The van der Waals surface area contributed by atoms with Crippen molar-refractivity contribution in [2.75, 3.05) is 31.1 Å². The highest BCUT2D eigenvalue weighted by Crippen LogP contribution is 2.52. The van der Waals surface area contributed by atoms with E-state index in [1.165, 1.54) is 0 Å². The van der Waals surface area contributed by atoms with Crippen LogP contribution in [-0.4, -0.2) is 64.8 Å². The summed E-state index contributed by atoms with van der Waals surface area (Å²) in [7, 11) is 0. The van der Waals surface area contributed by atoms with Crippen LogP contribution >= 0.6 is 0 Å². The van der Waals surface area contributed by atoms with Crippen LogP contribution in [0, 0.1) is 11.3 Å². The van der Waals surface area contributed by atoms with Gasteiger partial charge in [0.05, 0.1) is 11.9 Å². The van der Waals surface area contributed by atoms with Crippen molar-refractivity contribution in [3.8, 4) is 0 Å². The fraction of sp³-hybridized carbons (Fsp3) is 0.600. The molecule has 3 fully saturated rings. The largest absolute Gasteiger partial charge is 0.479 e. The Bertz CT molecular complexity index is 792. The molecule has 7 heteroatoms. The van der Waals surface area contributed by atoms with Crippen LogP contribution in [0.1, 0.15) is 38.8 Å². The summed E-state index contributed by atoms with van der Waals surface area (Å²) in [6.07, 6.45) is 5.44. The summed E-state index contributed by atoms with van der Waals surface area (Å²) in [6.45, 7) is 7.20. The molecule has 1 aliphatic heterocycles. The quantitative estimate of drug-likeness (QED) is 0.799. The normalized spacial score (nSPS) is 25.5. The van der Waals surface area contributed by atoms with Gasteiger partial charge in [0.1, 0.15) is 5.69 Å². The number of pyridine rings is 1. The van der Waals surface area contributed by atoms with Gasteiger partial charge in [-0.15, -0.1) is 0 Å². The summed E-state index contributed by atoms with van der Waals surface area (Å²) >= 11 is 0. The minimum absolute atomic E-state index is 0.157. The summed E-state index contributed by atoms with van der Waals surface area (Å²) in [4.78, 5) is 36.8. The molecule has 2 heterocycles. The number of carboxylic acids is 1. The van der Waals surface area contributed by atoms with Crippen molar-refractivity contribution < 1.29 is 14.7 Å². The van der Waals surface area contributed by atoms with Gasteiger partial charge < -0.3 is 14.9 Å². The summed E-state index contributed by atoms with van der Waals surface area (Å²) in [6, 6.07) is 3.86. The number of hydrogen-bond acceptors (Lipinski definition) is 5. The Morgan fingerprint density at radius 3 is 2.48 bits per heavy atom. The zero-order chi connectivity index (χ0) is 19.2. The lowest BCUT2D eigenvalue weighted by atomic mass is 10.1. The second-order valence-corrected chi connectivity index (χ2v) is 8.56. The first kappa shape index (κ1) is 17.9. The summed E-state index contributed by atoms with van der Waals surface area (Å²) in [5.41, 5.74) is 0.843. The number of anilines is 1. The number of piperazine rings is 1. The molecular weight excluding hydrogens is 344 g/mol. The molecule has 4 rings (SSSR count). The average Bonchev–Trinajstić information content (AvgIpc) is 3.56. The lowest BCUT2D eigenvalue weighted by molar-refractivity contribution is -0.139. The van der Waals surface area contributed by atoms with E-state index < -0.39 is 11.5 Å². The van der Waals surface area contributed by atoms with E-state index in [0.717, 1.165) is 25.2 Å². The summed E-state index contributed by atoms with van der Waals surface area (Å²) < 4.78 is 0. The first-order chi connectivity index (χ1) is 12.8. The molecule has 1 atom stereocenters. The Morgan fingerprint density at radius 1 is 1.26 bits per heavy atom. The molecule has 27 heavy (non-hydrogen) atoms. The van der Waals surface area contributed by atoms with E-state index in [1.54, 1.807) is 12.4 Å². The molecule has 1 N–H and O–H groups in total. The van der Waals surface area contributed by atoms with Crippen LogP contribution < -0.4 is 4.90 Å². The number of carbonyl (C=O) groups is 2. The van der Waals surface area contributed by atoms with Gasteiger partial charge in [0.2, 0.25) is 5.91 Å². The van der Waals surface area contributed by atoms with E-state index >= 15 is 0 Å². The summed E-state index contributed by atoms with van der Waals surface area (Å²) in [5.74, 6) is -0.410. The maximum atomic E-state index is 12.6. The molecule has 1 aromatic rings. The van der Waals surface area contributed by atoms with Crippen LogP contribution in [0.5, 0.6) is 0 Å². The highest BCUT2D eigenvalue weighted by molar-refractivity contribution is 5.90. The number of nitrogens with zero attached hydrogens (tertiary/aromatic N) is 4. The molecule has 0 aromatic carbocycles. The summed E-state index contributed by atoms with van der Waals surface area (Å²) in [5, 5.41) is 9.29. The minimum Gasteiger partial charge on any atom is -0.479 e. The fourth-order valence-corrected chi connectivity index (χ4v) is 3.75. The van der Waals surface area contributed by atoms with Gasteiger partial charge in [0, 0.05) is 38.3 Å². The number of amides is 1. The number of aromatic nitrogens is 1. The van der Waals surface area contributed by atoms with Crippen LogP contribution in [-0.2, 0) is 9.59 Å². The van der Waals surface area contributed by atoms with Gasteiger partial charge in [-0.2, -0.15) is 0 Å². The zero-order valence-corrected chi connectivity index (χ0v) is 15.9. The molecule has 0 radical (unpaired) electrons. The predicted molar refractivity (Wildman–Crippen MR) is 102 cm³/mol. The van der Waals surface area contributed by atoms with Gasteiger partial charge in [-0.3, -0.25) is 14.8 Å². The van der Waals surface area contributed by atoms with Gasteiger partial charge in [0.15, 0.2) is 5.54 Å². The second kappa shape index (κ2) is 6.32. The third kappa shape index (κ3) is 3.42. The average molecular weight is 370 g/mol. The molecule has 0 bridgehead atoms. The molecule has 2 aliphatic carbocycles. The van der Waals surface area contributed by atoms with Gasteiger partial charge in [-0.05, 0) is 36.8 Å².